The molecule has 0 atom stereocenters. The first kappa shape index (κ1) is 14.4. The summed E-state index contributed by atoms with van der Waals surface area (Å²) in [5.41, 5.74) is 9.39. The fourth-order valence-electron chi connectivity index (χ4n) is 1.90. The second-order valence-corrected chi connectivity index (χ2v) is 5.18. The van der Waals surface area contributed by atoms with E-state index >= 15 is 0 Å². The molecule has 3 nitrogen and oxygen atoms in total. The number of ether oxygens (including phenoxy) is 1. The van der Waals surface area contributed by atoms with Gasteiger partial charge in [-0.1, -0.05) is 29.8 Å². The van der Waals surface area contributed by atoms with E-state index in [0.717, 1.165) is 22.3 Å². The maximum atomic E-state index is 7.42. The Bertz CT molecular complexity index is 653. The van der Waals surface area contributed by atoms with E-state index in [9.17, 15) is 0 Å². The number of nitrogens with one attached hydrogen (secondary N) is 1. The third-order valence-corrected chi connectivity index (χ3v) is 3.44. The predicted molar refractivity (Wildman–Crippen MR) is 82.7 cm³/mol. The maximum Gasteiger partial charge on any atom is 0.138 e. The maximum absolute atomic E-state index is 7.42. The summed E-state index contributed by atoms with van der Waals surface area (Å²) in [5, 5.41) is 8.02. The third-order valence-electron chi connectivity index (χ3n) is 3.12. The van der Waals surface area contributed by atoms with Crippen molar-refractivity contribution in [3.8, 4) is 5.75 Å². The summed E-state index contributed by atoms with van der Waals surface area (Å²) in [6, 6.07) is 11.3. The van der Waals surface area contributed by atoms with Gasteiger partial charge in [-0.3, -0.25) is 5.41 Å². The van der Waals surface area contributed by atoms with Crippen LogP contribution in [-0.2, 0) is 6.61 Å². The zero-order chi connectivity index (χ0) is 14.7. The molecule has 0 saturated heterocycles. The van der Waals surface area contributed by atoms with Crippen LogP contribution in [0.5, 0.6) is 5.75 Å². The van der Waals surface area contributed by atoms with Crippen LogP contribution in [0.1, 0.15) is 22.3 Å². The molecule has 0 aromatic heterocycles. The normalized spacial score (nSPS) is 10.3. The second-order valence-electron chi connectivity index (χ2n) is 4.78. The van der Waals surface area contributed by atoms with E-state index in [1.807, 2.05) is 50.2 Å². The predicted octanol–water partition coefficient (Wildman–Crippen LogP) is 3.82. The Labute approximate surface area is 123 Å². The second kappa shape index (κ2) is 5.97. The molecular formula is C16H17ClN2O. The minimum Gasteiger partial charge on any atom is -0.487 e. The third kappa shape index (κ3) is 3.31. The molecular weight excluding hydrogens is 272 g/mol. The van der Waals surface area contributed by atoms with Crippen molar-refractivity contribution in [1.82, 2.24) is 0 Å². The molecule has 2 aromatic carbocycles. The highest BCUT2D eigenvalue weighted by atomic mass is 35.5. The van der Waals surface area contributed by atoms with Gasteiger partial charge in [-0.2, -0.15) is 0 Å². The summed E-state index contributed by atoms with van der Waals surface area (Å²) in [5.74, 6) is 0.754. The van der Waals surface area contributed by atoms with Crippen molar-refractivity contribution in [3.63, 3.8) is 0 Å². The van der Waals surface area contributed by atoms with Crippen molar-refractivity contribution < 1.29 is 4.74 Å². The van der Waals surface area contributed by atoms with Crippen LogP contribution in [0.2, 0.25) is 5.02 Å². The molecule has 3 N–H and O–H groups in total. The monoisotopic (exact) mass is 288 g/mol. The van der Waals surface area contributed by atoms with Gasteiger partial charge in [0.2, 0.25) is 0 Å². The van der Waals surface area contributed by atoms with E-state index < -0.39 is 0 Å². The van der Waals surface area contributed by atoms with Crippen LogP contribution < -0.4 is 10.5 Å². The Morgan fingerprint density at radius 1 is 1.20 bits per heavy atom. The number of halogens is 1. The molecule has 0 aliphatic rings. The van der Waals surface area contributed by atoms with Gasteiger partial charge in [0.05, 0.1) is 5.02 Å². The van der Waals surface area contributed by atoms with Crippen molar-refractivity contribution in [2.45, 2.75) is 20.5 Å². The van der Waals surface area contributed by atoms with Crippen LogP contribution in [-0.4, -0.2) is 5.84 Å². The van der Waals surface area contributed by atoms with Crippen LogP contribution in [0.25, 0.3) is 0 Å². The lowest BCUT2D eigenvalue weighted by Gasteiger charge is -2.11. The smallest absolute Gasteiger partial charge is 0.138 e. The molecule has 0 saturated carbocycles. The molecule has 4 heteroatoms. The summed E-state index contributed by atoms with van der Waals surface area (Å²) in [6.07, 6.45) is 0. The highest BCUT2D eigenvalue weighted by Crippen LogP contribution is 2.26. The van der Waals surface area contributed by atoms with Crippen LogP contribution in [0.3, 0.4) is 0 Å². The van der Waals surface area contributed by atoms with Gasteiger partial charge >= 0.3 is 0 Å². The Balaban J connectivity index is 2.15. The Hall–Kier alpha value is -2.00. The van der Waals surface area contributed by atoms with Crippen molar-refractivity contribution in [2.75, 3.05) is 0 Å². The number of rotatable bonds is 4. The van der Waals surface area contributed by atoms with E-state index in [2.05, 4.69) is 0 Å². The molecule has 2 aromatic rings. The fraction of sp³-hybridized carbons (Fsp3) is 0.188. The van der Waals surface area contributed by atoms with E-state index in [4.69, 9.17) is 27.5 Å². The molecule has 0 radical (unpaired) electrons. The van der Waals surface area contributed by atoms with Gasteiger partial charge in [0, 0.05) is 5.56 Å². The van der Waals surface area contributed by atoms with Gasteiger partial charge in [-0.05, 0) is 48.7 Å². The Morgan fingerprint density at radius 2 is 1.95 bits per heavy atom. The van der Waals surface area contributed by atoms with Gasteiger partial charge in [-0.25, -0.2) is 0 Å². The standard InChI is InChI=1S/C16H17ClN2O/c1-10-3-6-14(17)15(7-10)20-9-13-5-4-12(16(18)19)8-11(13)2/h3-8H,9H2,1-2H3,(H3,18,19). The zero-order valence-corrected chi connectivity index (χ0v) is 12.3. The average molecular weight is 289 g/mol. The van der Waals surface area contributed by atoms with Crippen LogP contribution in [0, 0.1) is 19.3 Å². The Kier molecular flexibility index (Phi) is 4.30. The van der Waals surface area contributed by atoms with Crippen molar-refractivity contribution in [2.24, 2.45) is 5.73 Å². The average Bonchev–Trinajstić information content (AvgIpc) is 2.40. The number of nitrogens with two attached hydrogens (primary N) is 1. The van der Waals surface area contributed by atoms with E-state index in [1.165, 1.54) is 0 Å². The number of hydrogen-bond acceptors (Lipinski definition) is 2. The topological polar surface area (TPSA) is 59.1 Å². The fourth-order valence-corrected chi connectivity index (χ4v) is 2.07. The Morgan fingerprint density at radius 3 is 2.60 bits per heavy atom. The molecule has 0 aliphatic heterocycles. The number of benzene rings is 2. The van der Waals surface area contributed by atoms with Crippen molar-refractivity contribution >= 4 is 17.4 Å². The minimum atomic E-state index is 0.0716. The van der Waals surface area contributed by atoms with Gasteiger partial charge < -0.3 is 10.5 Å². The molecule has 2 rings (SSSR count). The molecule has 0 aliphatic carbocycles. The number of hydrogen-bond donors (Lipinski definition) is 2. The molecule has 0 bridgehead atoms. The van der Waals surface area contributed by atoms with Crippen LogP contribution in [0.15, 0.2) is 36.4 Å². The molecule has 0 amide bonds. The first-order chi connectivity index (χ1) is 9.47. The lowest BCUT2D eigenvalue weighted by molar-refractivity contribution is 0.305. The first-order valence-electron chi connectivity index (χ1n) is 6.30. The minimum absolute atomic E-state index is 0.0716. The summed E-state index contributed by atoms with van der Waals surface area (Å²) in [6.45, 7) is 4.41. The number of amidine groups is 1. The summed E-state index contributed by atoms with van der Waals surface area (Å²) in [7, 11) is 0. The SMILES string of the molecule is Cc1ccc(Cl)c(OCc2ccc(C(=N)N)cc2C)c1. The van der Waals surface area contributed by atoms with Gasteiger partial charge in [0.15, 0.2) is 0 Å². The number of nitrogen functional groups attached to an aromatic ring is 1. The first-order valence-corrected chi connectivity index (χ1v) is 6.68. The van der Waals surface area contributed by atoms with Crippen LogP contribution in [0.4, 0.5) is 0 Å². The quantitative estimate of drug-likeness (QED) is 0.664. The lowest BCUT2D eigenvalue weighted by Crippen LogP contribution is -2.11. The molecule has 20 heavy (non-hydrogen) atoms. The molecule has 0 heterocycles. The number of aryl methyl sites for hydroxylation is 2. The van der Waals surface area contributed by atoms with E-state index in [1.54, 1.807) is 0 Å². The largest absolute Gasteiger partial charge is 0.487 e. The summed E-state index contributed by atoms with van der Waals surface area (Å²) < 4.78 is 5.77. The van der Waals surface area contributed by atoms with E-state index in [-0.39, 0.29) is 5.84 Å². The highest BCUT2D eigenvalue weighted by molar-refractivity contribution is 6.32. The zero-order valence-electron chi connectivity index (χ0n) is 11.5. The molecule has 0 fully saturated rings. The van der Waals surface area contributed by atoms with Gasteiger partial charge in [-0.15, -0.1) is 0 Å². The molecule has 0 spiro atoms. The molecule has 0 unspecified atom stereocenters. The molecule has 104 valence electrons. The summed E-state index contributed by atoms with van der Waals surface area (Å²) >= 11 is 6.10. The highest BCUT2D eigenvalue weighted by Gasteiger charge is 2.05. The van der Waals surface area contributed by atoms with Crippen LogP contribution >= 0.6 is 11.6 Å². The van der Waals surface area contributed by atoms with Gasteiger partial charge in [0.25, 0.3) is 0 Å². The van der Waals surface area contributed by atoms with Crippen molar-refractivity contribution in [3.05, 3.63) is 63.7 Å². The van der Waals surface area contributed by atoms with Gasteiger partial charge in [0.1, 0.15) is 18.2 Å². The summed E-state index contributed by atoms with van der Waals surface area (Å²) in [4.78, 5) is 0. The van der Waals surface area contributed by atoms with E-state index in [0.29, 0.717) is 17.4 Å². The lowest BCUT2D eigenvalue weighted by atomic mass is 10.1. The van der Waals surface area contributed by atoms with Crippen molar-refractivity contribution in [1.29, 1.82) is 5.41 Å².